The standard InChI is InChI=1S/C18H15N3O3S/c1-24-16-7-5-14(6-8-16)17-9-10-18(20-19-17)25-12-13-3-2-4-15(11-13)21(22)23/h2-11H,12H2,1H3. The summed E-state index contributed by atoms with van der Waals surface area (Å²) in [6.45, 7) is 0. The summed E-state index contributed by atoms with van der Waals surface area (Å²) in [5, 5.41) is 20.0. The SMILES string of the molecule is COc1ccc(-c2ccc(SCc3cccc([N+](=O)[O-])c3)nn2)cc1. The van der Waals surface area contributed by atoms with E-state index >= 15 is 0 Å². The first-order chi connectivity index (χ1) is 12.2. The van der Waals surface area contributed by atoms with Gasteiger partial charge >= 0.3 is 0 Å². The second kappa shape index (κ2) is 7.76. The highest BCUT2D eigenvalue weighted by atomic mass is 32.2. The zero-order valence-electron chi connectivity index (χ0n) is 13.5. The number of aromatic nitrogens is 2. The number of hydrogen-bond donors (Lipinski definition) is 0. The van der Waals surface area contributed by atoms with E-state index < -0.39 is 4.92 Å². The van der Waals surface area contributed by atoms with E-state index in [1.54, 1.807) is 19.2 Å². The molecule has 0 aliphatic heterocycles. The van der Waals surface area contributed by atoms with E-state index in [1.807, 2.05) is 42.5 Å². The van der Waals surface area contributed by atoms with Crippen LogP contribution in [-0.2, 0) is 5.75 Å². The molecule has 0 bridgehead atoms. The van der Waals surface area contributed by atoms with Crippen molar-refractivity contribution in [3.63, 3.8) is 0 Å². The molecule has 3 rings (SSSR count). The summed E-state index contributed by atoms with van der Waals surface area (Å²) in [6.07, 6.45) is 0. The second-order valence-electron chi connectivity index (χ2n) is 5.20. The molecule has 3 aromatic rings. The van der Waals surface area contributed by atoms with Crippen LogP contribution < -0.4 is 4.74 Å². The fraction of sp³-hybridized carbons (Fsp3) is 0.111. The van der Waals surface area contributed by atoms with Crippen molar-refractivity contribution < 1.29 is 9.66 Å². The fourth-order valence-corrected chi connectivity index (χ4v) is 2.99. The predicted octanol–water partition coefficient (Wildman–Crippen LogP) is 4.35. The minimum atomic E-state index is -0.391. The van der Waals surface area contributed by atoms with E-state index in [0.717, 1.165) is 27.6 Å². The van der Waals surface area contributed by atoms with Crippen molar-refractivity contribution in [2.75, 3.05) is 7.11 Å². The van der Waals surface area contributed by atoms with Gasteiger partial charge < -0.3 is 4.74 Å². The lowest BCUT2D eigenvalue weighted by Crippen LogP contribution is -1.91. The highest BCUT2D eigenvalue weighted by Gasteiger charge is 2.07. The molecule has 0 radical (unpaired) electrons. The molecular formula is C18H15N3O3S. The maximum Gasteiger partial charge on any atom is 0.269 e. The summed E-state index contributed by atoms with van der Waals surface area (Å²) >= 11 is 1.49. The van der Waals surface area contributed by atoms with Crippen molar-refractivity contribution in [2.24, 2.45) is 0 Å². The van der Waals surface area contributed by atoms with Gasteiger partial charge in [0.25, 0.3) is 5.69 Å². The van der Waals surface area contributed by atoms with Gasteiger partial charge in [-0.2, -0.15) is 0 Å². The third-order valence-electron chi connectivity index (χ3n) is 3.53. The van der Waals surface area contributed by atoms with Gasteiger partial charge in [0.05, 0.1) is 17.7 Å². The van der Waals surface area contributed by atoms with Crippen LogP contribution in [0.2, 0.25) is 0 Å². The van der Waals surface area contributed by atoms with E-state index in [4.69, 9.17) is 4.74 Å². The van der Waals surface area contributed by atoms with Gasteiger partial charge in [-0.05, 0) is 42.0 Å². The Morgan fingerprint density at radius 1 is 1.08 bits per heavy atom. The number of methoxy groups -OCH3 is 1. The van der Waals surface area contributed by atoms with Gasteiger partial charge in [-0.25, -0.2) is 0 Å². The van der Waals surface area contributed by atoms with Crippen molar-refractivity contribution >= 4 is 17.4 Å². The topological polar surface area (TPSA) is 78.2 Å². The molecule has 126 valence electrons. The molecule has 6 nitrogen and oxygen atoms in total. The van der Waals surface area contributed by atoms with Crippen molar-refractivity contribution in [1.82, 2.24) is 10.2 Å². The maximum absolute atomic E-state index is 10.8. The van der Waals surface area contributed by atoms with Gasteiger partial charge in [0.1, 0.15) is 10.8 Å². The Morgan fingerprint density at radius 2 is 1.88 bits per heavy atom. The Labute approximate surface area is 149 Å². The quantitative estimate of drug-likeness (QED) is 0.372. The number of ether oxygens (including phenoxy) is 1. The lowest BCUT2D eigenvalue weighted by molar-refractivity contribution is -0.384. The number of nitro groups is 1. The third-order valence-corrected chi connectivity index (χ3v) is 4.53. The molecular weight excluding hydrogens is 338 g/mol. The number of thioether (sulfide) groups is 1. The predicted molar refractivity (Wildman–Crippen MR) is 96.7 cm³/mol. The Bertz CT molecular complexity index is 867. The molecule has 0 saturated carbocycles. The molecule has 0 aliphatic carbocycles. The number of hydrogen-bond acceptors (Lipinski definition) is 6. The van der Waals surface area contributed by atoms with Crippen LogP contribution in [0.5, 0.6) is 5.75 Å². The molecule has 7 heteroatoms. The molecule has 0 fully saturated rings. The molecule has 0 unspecified atom stereocenters. The average molecular weight is 353 g/mol. The molecule has 25 heavy (non-hydrogen) atoms. The van der Waals surface area contributed by atoms with Crippen LogP contribution in [0.25, 0.3) is 11.3 Å². The van der Waals surface area contributed by atoms with Crippen molar-refractivity contribution in [3.8, 4) is 17.0 Å². The molecule has 1 aromatic heterocycles. The van der Waals surface area contributed by atoms with E-state index in [2.05, 4.69) is 10.2 Å². The van der Waals surface area contributed by atoms with E-state index in [0.29, 0.717) is 5.75 Å². The summed E-state index contributed by atoms with van der Waals surface area (Å²) in [5.74, 6) is 1.39. The first-order valence-electron chi connectivity index (χ1n) is 7.50. The molecule has 0 N–H and O–H groups in total. The molecule has 0 spiro atoms. The Kier molecular flexibility index (Phi) is 5.25. The zero-order chi connectivity index (χ0) is 17.6. The molecule has 0 amide bonds. The summed E-state index contributed by atoms with van der Waals surface area (Å²) in [7, 11) is 1.63. The average Bonchev–Trinajstić information content (AvgIpc) is 2.67. The molecule has 2 aromatic carbocycles. The van der Waals surface area contributed by atoms with Crippen molar-refractivity contribution in [2.45, 2.75) is 10.8 Å². The molecule has 1 heterocycles. The Hall–Kier alpha value is -2.93. The van der Waals surface area contributed by atoms with Crippen LogP contribution in [-0.4, -0.2) is 22.2 Å². The lowest BCUT2D eigenvalue weighted by Gasteiger charge is -2.04. The highest BCUT2D eigenvalue weighted by Crippen LogP contribution is 2.25. The summed E-state index contributed by atoms with van der Waals surface area (Å²) in [5.41, 5.74) is 2.71. The van der Waals surface area contributed by atoms with Crippen LogP contribution in [0.4, 0.5) is 5.69 Å². The van der Waals surface area contributed by atoms with Gasteiger partial charge in [0.15, 0.2) is 0 Å². The van der Waals surface area contributed by atoms with Crippen LogP contribution in [0.1, 0.15) is 5.56 Å². The smallest absolute Gasteiger partial charge is 0.269 e. The number of non-ortho nitro benzene ring substituents is 1. The van der Waals surface area contributed by atoms with E-state index in [9.17, 15) is 10.1 Å². The third kappa shape index (κ3) is 4.33. The minimum Gasteiger partial charge on any atom is -0.497 e. The van der Waals surface area contributed by atoms with Crippen molar-refractivity contribution in [3.05, 3.63) is 76.3 Å². The normalized spacial score (nSPS) is 10.4. The van der Waals surface area contributed by atoms with Gasteiger partial charge in [-0.1, -0.05) is 23.9 Å². The first kappa shape index (κ1) is 16.9. The highest BCUT2D eigenvalue weighted by molar-refractivity contribution is 7.98. The van der Waals surface area contributed by atoms with E-state index in [1.165, 1.54) is 17.8 Å². The summed E-state index contributed by atoms with van der Waals surface area (Å²) in [4.78, 5) is 10.4. The van der Waals surface area contributed by atoms with Gasteiger partial charge in [0.2, 0.25) is 0 Å². The summed E-state index contributed by atoms with van der Waals surface area (Å²) in [6, 6.07) is 18.0. The largest absolute Gasteiger partial charge is 0.497 e. The van der Waals surface area contributed by atoms with Crippen molar-refractivity contribution in [1.29, 1.82) is 0 Å². The summed E-state index contributed by atoms with van der Waals surface area (Å²) < 4.78 is 5.14. The molecule has 0 atom stereocenters. The van der Waals surface area contributed by atoms with E-state index in [-0.39, 0.29) is 5.69 Å². The number of nitrogens with zero attached hydrogens (tertiary/aromatic N) is 3. The fourth-order valence-electron chi connectivity index (χ4n) is 2.23. The van der Waals surface area contributed by atoms with Crippen LogP contribution >= 0.6 is 11.8 Å². The number of rotatable bonds is 6. The maximum atomic E-state index is 10.8. The zero-order valence-corrected chi connectivity index (χ0v) is 14.3. The Balaban J connectivity index is 1.66. The van der Waals surface area contributed by atoms with Crippen LogP contribution in [0, 0.1) is 10.1 Å². The molecule has 0 aliphatic rings. The second-order valence-corrected chi connectivity index (χ2v) is 6.20. The minimum absolute atomic E-state index is 0.0963. The number of benzene rings is 2. The lowest BCUT2D eigenvalue weighted by atomic mass is 10.1. The number of nitro benzene ring substituents is 1. The first-order valence-corrected chi connectivity index (χ1v) is 8.48. The molecule has 0 saturated heterocycles. The van der Waals surface area contributed by atoms with Crippen LogP contribution in [0.15, 0.2) is 65.7 Å². The van der Waals surface area contributed by atoms with Gasteiger partial charge in [-0.3, -0.25) is 10.1 Å². The monoisotopic (exact) mass is 353 g/mol. The van der Waals surface area contributed by atoms with Crippen LogP contribution in [0.3, 0.4) is 0 Å². The Morgan fingerprint density at radius 3 is 2.52 bits per heavy atom. The van der Waals surface area contributed by atoms with Gasteiger partial charge in [-0.15, -0.1) is 10.2 Å². The van der Waals surface area contributed by atoms with Gasteiger partial charge in [0, 0.05) is 23.4 Å².